The van der Waals surface area contributed by atoms with Gasteiger partial charge in [0.1, 0.15) is 0 Å². The van der Waals surface area contributed by atoms with Crippen molar-refractivity contribution >= 4 is 11.8 Å². The fraction of sp³-hybridized carbons (Fsp3) is 0.333. The van der Waals surface area contributed by atoms with E-state index in [1.807, 2.05) is 0 Å². The molecule has 0 atom stereocenters. The monoisotopic (exact) mass is 222 g/mol. The summed E-state index contributed by atoms with van der Waals surface area (Å²) >= 11 is 0.740. The predicted molar refractivity (Wildman–Crippen MR) is 49.1 cm³/mol. The number of aliphatic hydroxyl groups is 1. The van der Waals surface area contributed by atoms with Gasteiger partial charge in [-0.15, -0.1) is 11.8 Å². The van der Waals surface area contributed by atoms with Crippen LogP contribution in [0.3, 0.4) is 0 Å². The van der Waals surface area contributed by atoms with Gasteiger partial charge in [-0.2, -0.15) is 13.2 Å². The Morgan fingerprint density at radius 1 is 1.14 bits per heavy atom. The van der Waals surface area contributed by atoms with Crippen molar-refractivity contribution in [2.75, 3.05) is 5.75 Å². The quantitative estimate of drug-likeness (QED) is 0.793. The van der Waals surface area contributed by atoms with Crippen LogP contribution in [0.1, 0.15) is 5.56 Å². The lowest BCUT2D eigenvalue weighted by molar-refractivity contribution is -0.105. The summed E-state index contributed by atoms with van der Waals surface area (Å²) in [7, 11) is 0. The van der Waals surface area contributed by atoms with E-state index in [-0.39, 0.29) is 6.61 Å². The van der Waals surface area contributed by atoms with Crippen molar-refractivity contribution in [3.8, 4) is 0 Å². The number of hydrogen-bond donors (Lipinski definition) is 1. The average Bonchev–Trinajstić information content (AvgIpc) is 2.14. The molecule has 0 unspecified atom stereocenters. The Kier molecular flexibility index (Phi) is 3.83. The van der Waals surface area contributed by atoms with E-state index in [2.05, 4.69) is 0 Å². The van der Waals surface area contributed by atoms with Gasteiger partial charge in [0.15, 0.2) is 0 Å². The van der Waals surface area contributed by atoms with Gasteiger partial charge in [0.05, 0.1) is 12.4 Å². The molecule has 78 valence electrons. The second-order valence-electron chi connectivity index (χ2n) is 2.71. The fourth-order valence-corrected chi connectivity index (χ4v) is 1.52. The van der Waals surface area contributed by atoms with Crippen LogP contribution in [-0.4, -0.2) is 17.0 Å². The van der Waals surface area contributed by atoms with Crippen LogP contribution in [0.25, 0.3) is 0 Å². The largest absolute Gasteiger partial charge is 0.398 e. The van der Waals surface area contributed by atoms with Crippen molar-refractivity contribution in [2.45, 2.75) is 17.7 Å². The lowest BCUT2D eigenvalue weighted by Gasteiger charge is -2.05. The summed E-state index contributed by atoms with van der Waals surface area (Å²) in [4.78, 5) is 0.555. The Hall–Kier alpha value is -0.680. The van der Waals surface area contributed by atoms with Crippen LogP contribution < -0.4 is 0 Å². The summed E-state index contributed by atoms with van der Waals surface area (Å²) in [5.41, 5.74) is 0.696. The predicted octanol–water partition coefficient (Wildman–Crippen LogP) is 2.83. The van der Waals surface area contributed by atoms with Crippen LogP contribution in [-0.2, 0) is 6.61 Å². The molecule has 0 amide bonds. The van der Waals surface area contributed by atoms with Gasteiger partial charge in [-0.1, -0.05) is 12.1 Å². The highest BCUT2D eigenvalue weighted by molar-refractivity contribution is 7.99. The summed E-state index contributed by atoms with van der Waals surface area (Å²) in [5.74, 6) is -0.883. The molecule has 0 aromatic heterocycles. The highest BCUT2D eigenvalue weighted by Crippen LogP contribution is 2.27. The van der Waals surface area contributed by atoms with Crippen molar-refractivity contribution in [1.82, 2.24) is 0 Å². The summed E-state index contributed by atoms with van der Waals surface area (Å²) in [6.07, 6.45) is -4.14. The Morgan fingerprint density at radius 3 is 2.14 bits per heavy atom. The van der Waals surface area contributed by atoms with Gasteiger partial charge in [0, 0.05) is 4.90 Å². The first-order valence-electron chi connectivity index (χ1n) is 3.90. The van der Waals surface area contributed by atoms with E-state index >= 15 is 0 Å². The molecule has 0 saturated carbocycles. The molecule has 0 aliphatic rings. The lowest BCUT2D eigenvalue weighted by atomic mass is 10.2. The Bertz CT molecular complexity index is 281. The summed E-state index contributed by atoms with van der Waals surface area (Å²) in [6.45, 7) is -0.0930. The molecule has 1 N–H and O–H groups in total. The highest BCUT2D eigenvalue weighted by Gasteiger charge is 2.27. The van der Waals surface area contributed by atoms with Crippen molar-refractivity contribution in [3.05, 3.63) is 29.8 Å². The van der Waals surface area contributed by atoms with Gasteiger partial charge < -0.3 is 5.11 Å². The van der Waals surface area contributed by atoms with Gasteiger partial charge in [-0.25, -0.2) is 0 Å². The zero-order valence-electron chi connectivity index (χ0n) is 7.21. The van der Waals surface area contributed by atoms with Crippen LogP contribution >= 0.6 is 11.8 Å². The first-order valence-corrected chi connectivity index (χ1v) is 4.89. The Morgan fingerprint density at radius 2 is 1.71 bits per heavy atom. The molecule has 0 spiro atoms. The molecule has 0 fully saturated rings. The van der Waals surface area contributed by atoms with Crippen LogP contribution in [0.2, 0.25) is 0 Å². The number of hydrogen-bond acceptors (Lipinski definition) is 2. The summed E-state index contributed by atoms with van der Waals surface area (Å²) in [5, 5.41) is 8.70. The van der Waals surface area contributed by atoms with Crippen molar-refractivity contribution < 1.29 is 18.3 Å². The van der Waals surface area contributed by atoms with E-state index in [9.17, 15) is 13.2 Å². The zero-order valence-corrected chi connectivity index (χ0v) is 8.03. The maximum absolute atomic E-state index is 11.8. The number of benzene rings is 1. The second-order valence-corrected chi connectivity index (χ2v) is 3.75. The number of rotatable bonds is 3. The number of thioether (sulfide) groups is 1. The van der Waals surface area contributed by atoms with Crippen molar-refractivity contribution in [1.29, 1.82) is 0 Å². The molecule has 0 aliphatic heterocycles. The Balaban J connectivity index is 2.52. The van der Waals surface area contributed by atoms with Gasteiger partial charge in [-0.3, -0.25) is 0 Å². The molecule has 0 saturated heterocycles. The van der Waals surface area contributed by atoms with Gasteiger partial charge in [0.25, 0.3) is 0 Å². The smallest absolute Gasteiger partial charge is 0.392 e. The molecular formula is C9H9F3OS. The van der Waals surface area contributed by atoms with Crippen LogP contribution in [0.4, 0.5) is 13.2 Å². The molecule has 0 radical (unpaired) electrons. The van der Waals surface area contributed by atoms with E-state index in [0.29, 0.717) is 10.5 Å². The third-order valence-corrected chi connectivity index (χ3v) is 2.59. The maximum Gasteiger partial charge on any atom is 0.398 e. The first kappa shape index (κ1) is 11.4. The van der Waals surface area contributed by atoms with Gasteiger partial charge in [-0.05, 0) is 17.7 Å². The average molecular weight is 222 g/mol. The summed E-state index contributed by atoms with van der Waals surface area (Å²) in [6, 6.07) is 6.36. The molecular weight excluding hydrogens is 213 g/mol. The SMILES string of the molecule is OCc1ccc(SCC(F)(F)F)cc1. The normalized spacial score (nSPS) is 11.7. The molecule has 5 heteroatoms. The minimum absolute atomic E-state index is 0.0930. The number of alkyl halides is 3. The second kappa shape index (κ2) is 4.70. The molecule has 0 heterocycles. The van der Waals surface area contributed by atoms with E-state index in [0.717, 1.165) is 11.8 Å². The fourth-order valence-electron chi connectivity index (χ4n) is 0.856. The van der Waals surface area contributed by atoms with E-state index in [1.165, 1.54) is 0 Å². The standard InChI is InChI=1S/C9H9F3OS/c10-9(11,12)6-14-8-3-1-7(5-13)2-4-8/h1-4,13H,5-6H2. The molecule has 1 nitrogen and oxygen atoms in total. The van der Waals surface area contributed by atoms with E-state index < -0.39 is 11.9 Å². The lowest BCUT2D eigenvalue weighted by Crippen LogP contribution is -2.10. The number of halogens is 3. The van der Waals surface area contributed by atoms with E-state index in [4.69, 9.17) is 5.11 Å². The van der Waals surface area contributed by atoms with E-state index in [1.54, 1.807) is 24.3 Å². The molecule has 0 bridgehead atoms. The maximum atomic E-state index is 11.8. The van der Waals surface area contributed by atoms with Crippen LogP contribution in [0.15, 0.2) is 29.2 Å². The third kappa shape index (κ3) is 4.02. The minimum Gasteiger partial charge on any atom is -0.392 e. The van der Waals surface area contributed by atoms with Gasteiger partial charge >= 0.3 is 6.18 Å². The van der Waals surface area contributed by atoms with Gasteiger partial charge in [0.2, 0.25) is 0 Å². The molecule has 1 aromatic carbocycles. The highest BCUT2D eigenvalue weighted by atomic mass is 32.2. The van der Waals surface area contributed by atoms with Crippen molar-refractivity contribution in [2.24, 2.45) is 0 Å². The summed E-state index contributed by atoms with van der Waals surface area (Å²) < 4.78 is 35.5. The molecule has 1 aromatic rings. The minimum atomic E-state index is -4.14. The van der Waals surface area contributed by atoms with Crippen LogP contribution in [0, 0.1) is 0 Å². The number of aliphatic hydroxyl groups excluding tert-OH is 1. The van der Waals surface area contributed by atoms with Crippen molar-refractivity contribution in [3.63, 3.8) is 0 Å². The van der Waals surface area contributed by atoms with Crippen LogP contribution in [0.5, 0.6) is 0 Å². The first-order chi connectivity index (χ1) is 6.51. The topological polar surface area (TPSA) is 20.2 Å². The molecule has 14 heavy (non-hydrogen) atoms. The third-order valence-electron chi connectivity index (χ3n) is 1.51. The Labute approximate surface area is 83.9 Å². The molecule has 0 aliphatic carbocycles. The molecule has 1 rings (SSSR count). The zero-order chi connectivity index (χ0) is 10.6.